The Balaban J connectivity index is 3.02. The number of hydrogen-bond acceptors (Lipinski definition) is 2. The first kappa shape index (κ1) is 21.7. The monoisotopic (exact) mass is 311 g/mol. The Morgan fingerprint density at radius 2 is 1.14 bits per heavy atom. The van der Waals surface area contributed by atoms with E-state index in [1.54, 1.807) is 0 Å². The lowest BCUT2D eigenvalue weighted by atomic mass is 10.1. The van der Waals surface area contributed by atoms with Crippen molar-refractivity contribution in [3.05, 3.63) is 12.2 Å². The summed E-state index contributed by atoms with van der Waals surface area (Å²) in [7, 11) is 0. The highest BCUT2D eigenvalue weighted by atomic mass is 16.5. The minimum Gasteiger partial charge on any atom is -0.380 e. The Hall–Kier alpha value is -0.340. The van der Waals surface area contributed by atoms with Crippen LogP contribution in [0.5, 0.6) is 0 Å². The summed E-state index contributed by atoms with van der Waals surface area (Å²) in [5, 5.41) is 0. The number of unbranched alkanes of at least 4 members (excludes halogenated alkanes) is 12. The number of allylic oxidation sites excluding steroid dienone is 2. The second kappa shape index (κ2) is 20.7. The molecule has 0 atom stereocenters. The van der Waals surface area contributed by atoms with E-state index in [-0.39, 0.29) is 0 Å². The smallest absolute Gasteiger partial charge is 0.0588 e. The molecule has 0 saturated carbocycles. The summed E-state index contributed by atoms with van der Waals surface area (Å²) in [6, 6.07) is 0. The summed E-state index contributed by atoms with van der Waals surface area (Å²) in [4.78, 5) is 0. The topological polar surface area (TPSA) is 35.2 Å². The van der Waals surface area contributed by atoms with Gasteiger partial charge in [0.15, 0.2) is 0 Å². The highest BCUT2D eigenvalue weighted by molar-refractivity contribution is 4.81. The van der Waals surface area contributed by atoms with Crippen molar-refractivity contribution in [1.29, 1.82) is 0 Å². The first-order valence-electron chi connectivity index (χ1n) is 9.84. The van der Waals surface area contributed by atoms with E-state index >= 15 is 0 Å². The van der Waals surface area contributed by atoms with Gasteiger partial charge in [0.05, 0.1) is 6.61 Å². The molecule has 0 saturated heterocycles. The van der Waals surface area contributed by atoms with Gasteiger partial charge in [0.2, 0.25) is 0 Å². The highest BCUT2D eigenvalue weighted by Gasteiger charge is 1.91. The fourth-order valence-electron chi connectivity index (χ4n) is 2.64. The van der Waals surface area contributed by atoms with E-state index in [9.17, 15) is 0 Å². The van der Waals surface area contributed by atoms with Crippen LogP contribution in [0, 0.1) is 0 Å². The van der Waals surface area contributed by atoms with Gasteiger partial charge in [-0.25, -0.2) is 0 Å². The zero-order valence-electron chi connectivity index (χ0n) is 15.2. The van der Waals surface area contributed by atoms with Gasteiger partial charge in [-0.15, -0.1) is 0 Å². The van der Waals surface area contributed by atoms with Crippen molar-refractivity contribution in [1.82, 2.24) is 0 Å². The van der Waals surface area contributed by atoms with Crippen LogP contribution in [0.4, 0.5) is 0 Å². The first-order chi connectivity index (χ1) is 10.9. The molecule has 0 aliphatic carbocycles. The molecule has 0 radical (unpaired) electrons. The minimum absolute atomic E-state index is 0.640. The fraction of sp³-hybridized carbons (Fsp3) is 0.900. The van der Waals surface area contributed by atoms with E-state index in [1.165, 1.54) is 89.9 Å². The Morgan fingerprint density at radius 1 is 0.636 bits per heavy atom. The second-order valence-corrected chi connectivity index (χ2v) is 6.34. The number of rotatable bonds is 18. The maximum Gasteiger partial charge on any atom is 0.0588 e. The lowest BCUT2D eigenvalue weighted by Crippen LogP contribution is -2.08. The Labute approximate surface area is 139 Å². The summed E-state index contributed by atoms with van der Waals surface area (Å²) < 4.78 is 5.36. The molecule has 0 aliphatic rings. The minimum atomic E-state index is 0.640. The Kier molecular flexibility index (Phi) is 20.3. The summed E-state index contributed by atoms with van der Waals surface area (Å²) >= 11 is 0. The number of ether oxygens (including phenoxy) is 1. The first-order valence-corrected chi connectivity index (χ1v) is 9.84. The molecule has 0 aromatic rings. The molecule has 0 spiro atoms. The zero-order chi connectivity index (χ0) is 16.1. The van der Waals surface area contributed by atoms with Crippen LogP contribution in [-0.4, -0.2) is 19.8 Å². The fourth-order valence-corrected chi connectivity index (χ4v) is 2.64. The van der Waals surface area contributed by atoms with Gasteiger partial charge in [-0.2, -0.15) is 0 Å². The summed E-state index contributed by atoms with van der Waals surface area (Å²) in [5.41, 5.74) is 5.37. The van der Waals surface area contributed by atoms with Crippen molar-refractivity contribution >= 4 is 0 Å². The molecule has 0 amide bonds. The molecule has 2 N–H and O–H groups in total. The molecular formula is C20H41NO. The van der Waals surface area contributed by atoms with Gasteiger partial charge in [0.1, 0.15) is 0 Å². The van der Waals surface area contributed by atoms with Crippen LogP contribution in [0.1, 0.15) is 96.8 Å². The zero-order valence-corrected chi connectivity index (χ0v) is 15.2. The second-order valence-electron chi connectivity index (χ2n) is 6.34. The third-order valence-corrected chi connectivity index (χ3v) is 4.06. The third-order valence-electron chi connectivity index (χ3n) is 4.06. The molecule has 0 aliphatic heterocycles. The van der Waals surface area contributed by atoms with Crippen LogP contribution in [0.2, 0.25) is 0 Å². The molecule has 0 bridgehead atoms. The molecule has 22 heavy (non-hydrogen) atoms. The van der Waals surface area contributed by atoms with E-state index in [1.807, 2.05) is 0 Å². The number of hydrogen-bond donors (Lipinski definition) is 1. The maximum atomic E-state index is 5.37. The molecule has 0 aromatic carbocycles. The van der Waals surface area contributed by atoms with Crippen molar-refractivity contribution in [2.75, 3.05) is 19.8 Å². The van der Waals surface area contributed by atoms with Gasteiger partial charge in [0, 0.05) is 13.2 Å². The van der Waals surface area contributed by atoms with Crippen molar-refractivity contribution in [2.45, 2.75) is 96.8 Å². The molecule has 0 heterocycles. The van der Waals surface area contributed by atoms with Gasteiger partial charge in [0.25, 0.3) is 0 Å². The van der Waals surface area contributed by atoms with Crippen LogP contribution in [0.25, 0.3) is 0 Å². The van der Waals surface area contributed by atoms with E-state index in [4.69, 9.17) is 10.5 Å². The predicted octanol–water partition coefficient (Wildman–Crippen LogP) is 6.00. The predicted molar refractivity (Wildman–Crippen MR) is 99.3 cm³/mol. The SMILES string of the molecule is CCCCCCCCCCC/C=C/CCCCCOCCN. The van der Waals surface area contributed by atoms with E-state index < -0.39 is 0 Å². The third kappa shape index (κ3) is 19.7. The van der Waals surface area contributed by atoms with E-state index in [2.05, 4.69) is 19.1 Å². The van der Waals surface area contributed by atoms with Gasteiger partial charge in [-0.3, -0.25) is 0 Å². The van der Waals surface area contributed by atoms with Gasteiger partial charge < -0.3 is 10.5 Å². The molecule has 2 nitrogen and oxygen atoms in total. The normalized spacial score (nSPS) is 11.5. The van der Waals surface area contributed by atoms with Crippen molar-refractivity contribution in [3.8, 4) is 0 Å². The lowest BCUT2D eigenvalue weighted by molar-refractivity contribution is 0.137. The molecule has 0 unspecified atom stereocenters. The van der Waals surface area contributed by atoms with Crippen LogP contribution in [-0.2, 0) is 4.74 Å². The maximum absolute atomic E-state index is 5.37. The number of nitrogens with two attached hydrogens (primary N) is 1. The van der Waals surface area contributed by atoms with Gasteiger partial charge in [-0.1, -0.05) is 76.9 Å². The average Bonchev–Trinajstić information content (AvgIpc) is 2.54. The lowest BCUT2D eigenvalue weighted by Gasteiger charge is -2.01. The molecule has 0 rings (SSSR count). The molecule has 0 aromatic heterocycles. The Bertz CT molecular complexity index is 216. The summed E-state index contributed by atoms with van der Waals surface area (Å²) in [6.45, 7) is 4.50. The molecule has 0 fully saturated rings. The van der Waals surface area contributed by atoms with Crippen LogP contribution < -0.4 is 5.73 Å². The molecule has 132 valence electrons. The van der Waals surface area contributed by atoms with E-state index in [0.29, 0.717) is 13.2 Å². The summed E-state index contributed by atoms with van der Waals surface area (Å²) in [5.74, 6) is 0. The van der Waals surface area contributed by atoms with Crippen molar-refractivity contribution in [2.24, 2.45) is 5.73 Å². The molecular weight excluding hydrogens is 270 g/mol. The largest absolute Gasteiger partial charge is 0.380 e. The van der Waals surface area contributed by atoms with Crippen LogP contribution in [0.3, 0.4) is 0 Å². The van der Waals surface area contributed by atoms with Crippen LogP contribution in [0.15, 0.2) is 12.2 Å². The standard InChI is InChI=1S/C20H41NO/c1-2-3-4-5-6-7-8-9-10-11-12-13-14-15-16-17-19-22-20-18-21/h12-13H,2-11,14-21H2,1H3/b13-12+. The van der Waals surface area contributed by atoms with Crippen LogP contribution >= 0.6 is 0 Å². The summed E-state index contributed by atoms with van der Waals surface area (Å²) in [6.07, 6.45) is 23.8. The average molecular weight is 312 g/mol. The van der Waals surface area contributed by atoms with Crippen molar-refractivity contribution < 1.29 is 4.74 Å². The highest BCUT2D eigenvalue weighted by Crippen LogP contribution is 2.11. The van der Waals surface area contributed by atoms with Gasteiger partial charge >= 0.3 is 0 Å². The van der Waals surface area contributed by atoms with Crippen molar-refractivity contribution in [3.63, 3.8) is 0 Å². The van der Waals surface area contributed by atoms with E-state index in [0.717, 1.165) is 6.61 Å². The quantitative estimate of drug-likeness (QED) is 0.249. The Morgan fingerprint density at radius 3 is 1.68 bits per heavy atom. The van der Waals surface area contributed by atoms with Gasteiger partial charge in [-0.05, 0) is 32.1 Å². The molecule has 2 heteroatoms.